The van der Waals surface area contributed by atoms with Crippen molar-refractivity contribution in [2.24, 2.45) is 0 Å². The van der Waals surface area contributed by atoms with Gasteiger partial charge in [-0.1, -0.05) is 23.7 Å². The Bertz CT molecular complexity index is 708. The molecular formula is C14H10ClN3. The fourth-order valence-corrected chi connectivity index (χ4v) is 1.96. The van der Waals surface area contributed by atoms with Crippen molar-refractivity contribution in [3.8, 4) is 11.3 Å². The van der Waals surface area contributed by atoms with Crippen LogP contribution in [0.25, 0.3) is 22.2 Å². The van der Waals surface area contributed by atoms with Crippen molar-refractivity contribution in [2.75, 3.05) is 0 Å². The highest BCUT2D eigenvalue weighted by Crippen LogP contribution is 2.22. The summed E-state index contributed by atoms with van der Waals surface area (Å²) in [5, 5.41) is 9.41. The van der Waals surface area contributed by atoms with Gasteiger partial charge in [0.1, 0.15) is 0 Å². The van der Waals surface area contributed by atoms with Gasteiger partial charge in [0.05, 0.1) is 11.2 Å². The Morgan fingerprint density at radius 2 is 1.83 bits per heavy atom. The van der Waals surface area contributed by atoms with Crippen LogP contribution in [0.1, 0.15) is 5.69 Å². The fourth-order valence-electron chi connectivity index (χ4n) is 1.86. The van der Waals surface area contributed by atoms with Gasteiger partial charge in [-0.2, -0.15) is 0 Å². The summed E-state index contributed by atoms with van der Waals surface area (Å²) < 4.78 is 0. The second-order valence-electron chi connectivity index (χ2n) is 4.10. The van der Waals surface area contributed by atoms with E-state index in [0.29, 0.717) is 5.15 Å². The summed E-state index contributed by atoms with van der Waals surface area (Å²) in [5.41, 5.74) is 3.82. The first-order valence-electron chi connectivity index (χ1n) is 5.59. The van der Waals surface area contributed by atoms with Crippen molar-refractivity contribution in [3.63, 3.8) is 0 Å². The van der Waals surface area contributed by atoms with E-state index in [4.69, 9.17) is 11.6 Å². The highest BCUT2D eigenvalue weighted by molar-refractivity contribution is 6.29. The van der Waals surface area contributed by atoms with Crippen LogP contribution in [0, 0.1) is 6.92 Å². The molecule has 0 fully saturated rings. The first-order valence-corrected chi connectivity index (χ1v) is 5.97. The third kappa shape index (κ3) is 2.05. The molecular weight excluding hydrogens is 246 g/mol. The molecule has 0 aliphatic carbocycles. The van der Waals surface area contributed by atoms with E-state index in [-0.39, 0.29) is 0 Å². The summed E-state index contributed by atoms with van der Waals surface area (Å²) in [5.74, 6) is 0. The molecule has 0 atom stereocenters. The van der Waals surface area contributed by atoms with Crippen molar-refractivity contribution in [3.05, 3.63) is 53.3 Å². The normalized spacial score (nSPS) is 10.8. The lowest BCUT2D eigenvalue weighted by Crippen LogP contribution is -1.88. The number of aromatic nitrogens is 3. The maximum atomic E-state index is 5.73. The van der Waals surface area contributed by atoms with Gasteiger partial charge in [-0.05, 0) is 37.3 Å². The van der Waals surface area contributed by atoms with Crippen LogP contribution in [-0.2, 0) is 0 Å². The van der Waals surface area contributed by atoms with Gasteiger partial charge in [0.2, 0.25) is 0 Å². The Kier molecular flexibility index (Phi) is 2.68. The predicted octanol–water partition coefficient (Wildman–Crippen LogP) is 3.65. The monoisotopic (exact) mass is 255 g/mol. The highest BCUT2D eigenvalue weighted by atomic mass is 35.5. The molecule has 2 heterocycles. The zero-order chi connectivity index (χ0) is 12.5. The van der Waals surface area contributed by atoms with Gasteiger partial charge in [0, 0.05) is 16.6 Å². The number of pyridine rings is 1. The number of halogens is 1. The first kappa shape index (κ1) is 11.1. The number of benzene rings is 1. The van der Waals surface area contributed by atoms with Crippen LogP contribution < -0.4 is 0 Å². The van der Waals surface area contributed by atoms with Gasteiger partial charge in [-0.15, -0.1) is 10.2 Å². The number of nitrogens with zero attached hydrogens (tertiary/aromatic N) is 3. The average molecular weight is 256 g/mol. The summed E-state index contributed by atoms with van der Waals surface area (Å²) in [6.07, 6.45) is 0. The highest BCUT2D eigenvalue weighted by Gasteiger charge is 2.02. The van der Waals surface area contributed by atoms with Gasteiger partial charge < -0.3 is 0 Å². The van der Waals surface area contributed by atoms with Gasteiger partial charge in [-0.3, -0.25) is 4.98 Å². The molecule has 0 spiro atoms. The molecule has 18 heavy (non-hydrogen) atoms. The minimum absolute atomic E-state index is 0.400. The fraction of sp³-hybridized carbons (Fsp3) is 0.0714. The van der Waals surface area contributed by atoms with Crippen molar-refractivity contribution in [1.82, 2.24) is 15.2 Å². The SMILES string of the molecule is Cc1ccc2cc(-c3ccc(Cl)nn3)ccc2n1. The van der Waals surface area contributed by atoms with Crippen LogP contribution in [0.3, 0.4) is 0 Å². The minimum Gasteiger partial charge on any atom is -0.253 e. The molecule has 0 saturated carbocycles. The molecule has 3 rings (SSSR count). The molecule has 0 aliphatic heterocycles. The molecule has 0 bridgehead atoms. The zero-order valence-corrected chi connectivity index (χ0v) is 10.5. The summed E-state index contributed by atoms with van der Waals surface area (Å²) in [4.78, 5) is 4.47. The topological polar surface area (TPSA) is 38.7 Å². The maximum absolute atomic E-state index is 5.73. The molecule has 0 saturated heterocycles. The Hall–Kier alpha value is -2.00. The number of fused-ring (bicyclic) bond motifs is 1. The van der Waals surface area contributed by atoms with Crippen LogP contribution >= 0.6 is 11.6 Å². The molecule has 3 aromatic rings. The quantitative estimate of drug-likeness (QED) is 0.666. The maximum Gasteiger partial charge on any atom is 0.151 e. The van der Waals surface area contributed by atoms with Crippen molar-refractivity contribution in [1.29, 1.82) is 0 Å². The van der Waals surface area contributed by atoms with E-state index < -0.39 is 0 Å². The van der Waals surface area contributed by atoms with E-state index in [9.17, 15) is 0 Å². The Balaban J connectivity index is 2.13. The molecule has 0 unspecified atom stereocenters. The van der Waals surface area contributed by atoms with Crippen molar-refractivity contribution >= 4 is 22.5 Å². The Morgan fingerprint density at radius 3 is 2.61 bits per heavy atom. The van der Waals surface area contributed by atoms with Crippen LogP contribution in [0.2, 0.25) is 5.15 Å². The van der Waals surface area contributed by atoms with Crippen molar-refractivity contribution in [2.45, 2.75) is 6.92 Å². The standard InChI is InChI=1S/C14H10ClN3/c1-9-2-3-10-8-11(4-5-12(10)16-9)13-6-7-14(15)18-17-13/h2-8H,1H3. The molecule has 3 nitrogen and oxygen atoms in total. The molecule has 4 heteroatoms. The predicted molar refractivity (Wildman–Crippen MR) is 72.5 cm³/mol. The lowest BCUT2D eigenvalue weighted by molar-refractivity contribution is 1.04. The second-order valence-corrected chi connectivity index (χ2v) is 4.49. The summed E-state index contributed by atoms with van der Waals surface area (Å²) in [6.45, 7) is 1.98. The summed E-state index contributed by atoms with van der Waals surface area (Å²) in [7, 11) is 0. The molecule has 0 radical (unpaired) electrons. The number of aryl methyl sites for hydroxylation is 1. The smallest absolute Gasteiger partial charge is 0.151 e. The molecule has 88 valence electrons. The Morgan fingerprint density at radius 1 is 0.944 bits per heavy atom. The van der Waals surface area contributed by atoms with Crippen molar-refractivity contribution < 1.29 is 0 Å². The second kappa shape index (κ2) is 4.35. The van der Waals surface area contributed by atoms with Gasteiger partial charge in [-0.25, -0.2) is 0 Å². The van der Waals surface area contributed by atoms with Crippen LogP contribution in [0.5, 0.6) is 0 Å². The molecule has 2 aromatic heterocycles. The molecule has 0 amide bonds. The lowest BCUT2D eigenvalue weighted by atomic mass is 10.1. The van der Waals surface area contributed by atoms with E-state index >= 15 is 0 Å². The van der Waals surface area contributed by atoms with Crippen LogP contribution in [0.4, 0.5) is 0 Å². The third-order valence-corrected chi connectivity index (χ3v) is 2.96. The molecule has 0 aliphatic rings. The molecule has 1 aromatic carbocycles. The van der Waals surface area contributed by atoms with E-state index in [1.165, 1.54) is 0 Å². The lowest BCUT2D eigenvalue weighted by Gasteiger charge is -2.03. The van der Waals surface area contributed by atoms with Gasteiger partial charge in [0.15, 0.2) is 5.15 Å². The largest absolute Gasteiger partial charge is 0.253 e. The summed E-state index contributed by atoms with van der Waals surface area (Å²) >= 11 is 5.73. The third-order valence-electron chi connectivity index (χ3n) is 2.76. The summed E-state index contributed by atoms with van der Waals surface area (Å²) in [6, 6.07) is 13.7. The van der Waals surface area contributed by atoms with E-state index in [1.54, 1.807) is 6.07 Å². The van der Waals surface area contributed by atoms with Gasteiger partial charge in [0.25, 0.3) is 0 Å². The average Bonchev–Trinajstić information content (AvgIpc) is 2.39. The molecule has 0 N–H and O–H groups in total. The number of rotatable bonds is 1. The number of hydrogen-bond acceptors (Lipinski definition) is 3. The van der Waals surface area contributed by atoms with Crippen LogP contribution in [0.15, 0.2) is 42.5 Å². The zero-order valence-electron chi connectivity index (χ0n) is 9.76. The van der Waals surface area contributed by atoms with Crippen LogP contribution in [-0.4, -0.2) is 15.2 Å². The minimum atomic E-state index is 0.400. The first-order chi connectivity index (χ1) is 8.72. The van der Waals surface area contributed by atoms with E-state index in [1.807, 2.05) is 31.2 Å². The van der Waals surface area contributed by atoms with E-state index in [0.717, 1.165) is 27.9 Å². The van der Waals surface area contributed by atoms with Gasteiger partial charge >= 0.3 is 0 Å². The Labute approximate surface area is 109 Å². The number of hydrogen-bond donors (Lipinski definition) is 0. The van der Waals surface area contributed by atoms with E-state index in [2.05, 4.69) is 27.3 Å².